The molecule has 6 heteroatoms. The third kappa shape index (κ3) is 4.93. The van der Waals surface area contributed by atoms with Gasteiger partial charge in [-0.1, -0.05) is 97.1 Å². The predicted octanol–water partition coefficient (Wildman–Crippen LogP) is 10.6. The van der Waals surface area contributed by atoms with Gasteiger partial charge in [0.1, 0.15) is 16.7 Å². The first-order valence-electron chi connectivity index (χ1n) is 15.5. The molecular formula is C41H26N4O2. The average molecular weight is 607 g/mol. The van der Waals surface area contributed by atoms with Gasteiger partial charge in [0.15, 0.2) is 23.1 Å². The van der Waals surface area contributed by atoms with Gasteiger partial charge in [-0.05, 0) is 66.1 Å². The van der Waals surface area contributed by atoms with Crippen molar-refractivity contribution in [2.24, 2.45) is 0 Å². The molecule has 0 aliphatic rings. The zero-order valence-corrected chi connectivity index (χ0v) is 25.4. The summed E-state index contributed by atoms with van der Waals surface area (Å²) < 4.78 is 12.4. The number of furan rings is 1. The summed E-state index contributed by atoms with van der Waals surface area (Å²) in [6, 6.07) is 46.7. The van der Waals surface area contributed by atoms with Gasteiger partial charge < -0.3 is 8.83 Å². The SMILES string of the molecule is Cc1ccc2c(c1)oc1cc(-c3nc(-c4ccccc4)nc(-c4ccc(-c5ccc6nc(-c7ccccc7)oc6c5)cc4)n3)ccc12. The van der Waals surface area contributed by atoms with E-state index in [0.29, 0.717) is 23.4 Å². The molecule has 6 aromatic carbocycles. The van der Waals surface area contributed by atoms with Crippen LogP contribution in [0.15, 0.2) is 148 Å². The zero-order valence-electron chi connectivity index (χ0n) is 25.4. The van der Waals surface area contributed by atoms with Crippen LogP contribution in [-0.4, -0.2) is 19.9 Å². The molecule has 0 atom stereocenters. The molecule has 0 aliphatic carbocycles. The highest BCUT2D eigenvalue weighted by Gasteiger charge is 2.15. The molecule has 0 spiro atoms. The van der Waals surface area contributed by atoms with Gasteiger partial charge in [0, 0.05) is 33.0 Å². The fraction of sp³-hybridized carbons (Fsp3) is 0.0244. The highest BCUT2D eigenvalue weighted by atomic mass is 16.3. The van der Waals surface area contributed by atoms with E-state index < -0.39 is 0 Å². The second-order valence-electron chi connectivity index (χ2n) is 11.6. The highest BCUT2D eigenvalue weighted by Crippen LogP contribution is 2.34. The van der Waals surface area contributed by atoms with E-state index >= 15 is 0 Å². The van der Waals surface area contributed by atoms with Crippen LogP contribution in [0.25, 0.3) is 89.8 Å². The van der Waals surface area contributed by atoms with Gasteiger partial charge in [-0.25, -0.2) is 19.9 Å². The van der Waals surface area contributed by atoms with Crippen molar-refractivity contribution >= 4 is 33.0 Å². The van der Waals surface area contributed by atoms with E-state index in [1.165, 1.54) is 0 Å². The molecule has 222 valence electrons. The van der Waals surface area contributed by atoms with Crippen molar-refractivity contribution in [3.63, 3.8) is 0 Å². The maximum Gasteiger partial charge on any atom is 0.227 e. The molecule has 0 saturated heterocycles. The first-order chi connectivity index (χ1) is 23.1. The van der Waals surface area contributed by atoms with Gasteiger partial charge >= 0.3 is 0 Å². The molecule has 47 heavy (non-hydrogen) atoms. The Morgan fingerprint density at radius 1 is 0.383 bits per heavy atom. The second-order valence-corrected chi connectivity index (χ2v) is 11.6. The zero-order chi connectivity index (χ0) is 31.3. The van der Waals surface area contributed by atoms with Crippen LogP contribution < -0.4 is 0 Å². The largest absolute Gasteiger partial charge is 0.456 e. The van der Waals surface area contributed by atoms with Crippen molar-refractivity contribution in [3.05, 3.63) is 145 Å². The normalized spacial score (nSPS) is 11.5. The Morgan fingerprint density at radius 2 is 0.915 bits per heavy atom. The molecule has 0 unspecified atom stereocenters. The molecule has 0 fully saturated rings. The third-order valence-electron chi connectivity index (χ3n) is 8.44. The average Bonchev–Trinajstić information content (AvgIpc) is 3.72. The third-order valence-corrected chi connectivity index (χ3v) is 8.44. The lowest BCUT2D eigenvalue weighted by Gasteiger charge is -2.09. The van der Waals surface area contributed by atoms with E-state index in [1.54, 1.807) is 0 Å². The summed E-state index contributed by atoms with van der Waals surface area (Å²) in [6.45, 7) is 2.07. The quantitative estimate of drug-likeness (QED) is 0.194. The maximum absolute atomic E-state index is 6.25. The van der Waals surface area contributed by atoms with Gasteiger partial charge in [-0.15, -0.1) is 0 Å². The lowest BCUT2D eigenvalue weighted by molar-refractivity contribution is 0.620. The van der Waals surface area contributed by atoms with Gasteiger partial charge in [-0.3, -0.25) is 0 Å². The molecule has 9 aromatic rings. The minimum absolute atomic E-state index is 0.585. The summed E-state index contributed by atoms with van der Waals surface area (Å²) in [4.78, 5) is 19.5. The molecule has 0 bridgehead atoms. The summed E-state index contributed by atoms with van der Waals surface area (Å²) in [7, 11) is 0. The highest BCUT2D eigenvalue weighted by molar-refractivity contribution is 6.06. The number of aromatic nitrogens is 4. The molecule has 3 aromatic heterocycles. The summed E-state index contributed by atoms with van der Waals surface area (Å²) in [6.07, 6.45) is 0. The second kappa shape index (κ2) is 10.9. The standard InChI is InChI=1S/C41H26N4O2/c1-25-12-19-32-33-20-17-31(24-36(33)46-35(32)22-25)40-44-38(27-8-4-2-5-9-27)43-39(45-40)28-15-13-26(14-16-28)30-18-21-34-37(23-30)47-41(42-34)29-10-6-3-7-11-29/h2-24H,1H3. The first kappa shape index (κ1) is 27.0. The van der Waals surface area contributed by atoms with E-state index in [1.807, 2.05) is 91.0 Å². The summed E-state index contributed by atoms with van der Waals surface area (Å²) in [5.41, 5.74) is 10.1. The molecule has 9 rings (SSSR count). The number of hydrogen-bond donors (Lipinski definition) is 0. The maximum atomic E-state index is 6.25. The van der Waals surface area contributed by atoms with Crippen molar-refractivity contribution in [2.45, 2.75) is 6.92 Å². The number of nitrogens with zero attached hydrogens (tertiary/aromatic N) is 4. The lowest BCUT2D eigenvalue weighted by Crippen LogP contribution is -2.00. The minimum Gasteiger partial charge on any atom is -0.456 e. The van der Waals surface area contributed by atoms with Crippen LogP contribution >= 0.6 is 0 Å². The van der Waals surface area contributed by atoms with Crippen molar-refractivity contribution in [1.29, 1.82) is 0 Å². The Morgan fingerprint density at radius 3 is 1.64 bits per heavy atom. The Hall–Kier alpha value is -6.40. The van der Waals surface area contributed by atoms with Gasteiger partial charge in [0.2, 0.25) is 5.89 Å². The monoisotopic (exact) mass is 606 g/mol. The first-order valence-corrected chi connectivity index (χ1v) is 15.5. The van der Waals surface area contributed by atoms with E-state index in [0.717, 1.165) is 72.0 Å². The topological polar surface area (TPSA) is 77.8 Å². The molecule has 0 saturated carbocycles. The molecule has 3 heterocycles. The predicted molar refractivity (Wildman–Crippen MR) is 187 cm³/mol. The molecule has 6 nitrogen and oxygen atoms in total. The van der Waals surface area contributed by atoms with Crippen molar-refractivity contribution in [3.8, 4) is 56.7 Å². The molecule has 0 aliphatic heterocycles. The van der Waals surface area contributed by atoms with E-state index in [9.17, 15) is 0 Å². The van der Waals surface area contributed by atoms with E-state index in [2.05, 4.69) is 60.4 Å². The Labute approximate surface area is 270 Å². The molecule has 0 radical (unpaired) electrons. The van der Waals surface area contributed by atoms with Crippen molar-refractivity contribution < 1.29 is 8.83 Å². The van der Waals surface area contributed by atoms with Crippen LogP contribution in [0, 0.1) is 6.92 Å². The van der Waals surface area contributed by atoms with Crippen LogP contribution in [0.2, 0.25) is 0 Å². The smallest absolute Gasteiger partial charge is 0.227 e. The Kier molecular flexibility index (Phi) is 6.25. The number of benzene rings is 6. The number of fused-ring (bicyclic) bond motifs is 4. The summed E-state index contributed by atoms with van der Waals surface area (Å²) in [5.74, 6) is 2.41. The fourth-order valence-corrected chi connectivity index (χ4v) is 5.99. The molecule has 0 amide bonds. The number of rotatable bonds is 5. The van der Waals surface area contributed by atoms with Crippen molar-refractivity contribution in [2.75, 3.05) is 0 Å². The van der Waals surface area contributed by atoms with E-state index in [-0.39, 0.29) is 0 Å². The fourth-order valence-electron chi connectivity index (χ4n) is 5.99. The van der Waals surface area contributed by atoms with Crippen LogP contribution in [0.3, 0.4) is 0 Å². The van der Waals surface area contributed by atoms with Crippen LogP contribution in [0.1, 0.15) is 5.56 Å². The lowest BCUT2D eigenvalue weighted by atomic mass is 10.0. The van der Waals surface area contributed by atoms with Gasteiger partial charge in [0.25, 0.3) is 0 Å². The number of aryl methyl sites for hydroxylation is 1. The van der Waals surface area contributed by atoms with E-state index in [4.69, 9.17) is 23.8 Å². The van der Waals surface area contributed by atoms with Crippen LogP contribution in [0.5, 0.6) is 0 Å². The van der Waals surface area contributed by atoms with Crippen molar-refractivity contribution in [1.82, 2.24) is 19.9 Å². The minimum atomic E-state index is 0.585. The number of oxazole rings is 1. The summed E-state index contributed by atoms with van der Waals surface area (Å²) in [5, 5.41) is 2.16. The number of hydrogen-bond acceptors (Lipinski definition) is 6. The Bertz CT molecular complexity index is 2570. The van der Waals surface area contributed by atoms with Crippen LogP contribution in [0.4, 0.5) is 0 Å². The van der Waals surface area contributed by atoms with Crippen LogP contribution in [-0.2, 0) is 0 Å². The Balaban J connectivity index is 1.10. The van der Waals surface area contributed by atoms with Gasteiger partial charge in [0.05, 0.1) is 0 Å². The van der Waals surface area contributed by atoms with Gasteiger partial charge in [-0.2, -0.15) is 0 Å². The molecular weight excluding hydrogens is 580 g/mol. The summed E-state index contributed by atoms with van der Waals surface area (Å²) >= 11 is 0. The molecule has 0 N–H and O–H groups in total.